The van der Waals surface area contributed by atoms with E-state index in [1.165, 1.54) is 16.7 Å². The second-order valence-corrected chi connectivity index (χ2v) is 5.17. The number of carbonyl (C=O) groups is 1. The molecule has 0 spiro atoms. The van der Waals surface area contributed by atoms with Gasteiger partial charge in [0.15, 0.2) is 5.78 Å². The third-order valence-electron chi connectivity index (χ3n) is 3.70. The van der Waals surface area contributed by atoms with Crippen LogP contribution in [0.2, 0.25) is 0 Å². The van der Waals surface area contributed by atoms with Crippen LogP contribution in [-0.4, -0.2) is 5.78 Å². The van der Waals surface area contributed by atoms with Gasteiger partial charge in [0.25, 0.3) is 0 Å². The molecule has 2 aromatic rings. The van der Waals surface area contributed by atoms with Crippen molar-refractivity contribution in [2.45, 2.75) is 20.3 Å². The lowest BCUT2D eigenvalue weighted by Crippen LogP contribution is -2.02. The smallest absolute Gasteiger partial charge is 0.166 e. The molecule has 0 N–H and O–H groups in total. The molecule has 3 rings (SSSR count). The van der Waals surface area contributed by atoms with Gasteiger partial charge in [0, 0.05) is 11.5 Å². The van der Waals surface area contributed by atoms with Gasteiger partial charge in [-0.25, -0.2) is 0 Å². The molecular formula is C17H16O. The number of hydrogen-bond acceptors (Lipinski definition) is 1. The highest BCUT2D eigenvalue weighted by atomic mass is 16.1. The van der Waals surface area contributed by atoms with Crippen LogP contribution in [-0.2, 0) is 6.42 Å². The number of carbonyl (C=O) groups excluding carboxylic acids is 1. The topological polar surface area (TPSA) is 17.1 Å². The molecule has 0 heterocycles. The molecule has 1 unspecified atom stereocenters. The molecule has 0 amide bonds. The number of Topliss-reactive ketones (excluding diaryl/α,β-unsaturated/α-hetero) is 1. The molecule has 90 valence electrons. The molecule has 2 aromatic carbocycles. The molecular weight excluding hydrogens is 220 g/mol. The van der Waals surface area contributed by atoms with E-state index in [4.69, 9.17) is 0 Å². The van der Waals surface area contributed by atoms with Crippen LogP contribution in [0.15, 0.2) is 42.5 Å². The van der Waals surface area contributed by atoms with Crippen LogP contribution in [0.4, 0.5) is 0 Å². The molecule has 0 fully saturated rings. The average Bonchev–Trinajstić information content (AvgIpc) is 2.66. The highest BCUT2D eigenvalue weighted by molar-refractivity contribution is 6.04. The molecule has 1 nitrogen and oxygen atoms in total. The van der Waals surface area contributed by atoms with E-state index in [9.17, 15) is 4.79 Å². The lowest BCUT2D eigenvalue weighted by molar-refractivity contribution is 0.0946. The maximum absolute atomic E-state index is 12.1. The summed E-state index contributed by atoms with van der Waals surface area (Å²) in [4.78, 5) is 12.1. The molecule has 1 aliphatic rings. The second kappa shape index (κ2) is 4.09. The largest absolute Gasteiger partial charge is 0.294 e. The Bertz CT molecular complexity index is 611. The predicted octanol–water partition coefficient (Wildman–Crippen LogP) is 4.04. The summed E-state index contributed by atoms with van der Waals surface area (Å²) in [6, 6.07) is 14.6. The van der Waals surface area contributed by atoms with Crippen LogP contribution in [0.5, 0.6) is 0 Å². The zero-order chi connectivity index (χ0) is 12.7. The molecule has 0 bridgehead atoms. The zero-order valence-corrected chi connectivity index (χ0v) is 10.7. The van der Waals surface area contributed by atoms with Crippen molar-refractivity contribution in [1.82, 2.24) is 0 Å². The summed E-state index contributed by atoms with van der Waals surface area (Å²) >= 11 is 0. The van der Waals surface area contributed by atoms with Crippen molar-refractivity contribution in [3.8, 4) is 11.1 Å². The Morgan fingerprint density at radius 2 is 1.72 bits per heavy atom. The van der Waals surface area contributed by atoms with E-state index in [2.05, 4.69) is 25.1 Å². The van der Waals surface area contributed by atoms with Gasteiger partial charge in [0.1, 0.15) is 0 Å². The molecule has 0 aliphatic heterocycles. The summed E-state index contributed by atoms with van der Waals surface area (Å²) in [5, 5.41) is 0. The summed E-state index contributed by atoms with van der Waals surface area (Å²) in [6.45, 7) is 4.08. The zero-order valence-electron chi connectivity index (χ0n) is 10.7. The van der Waals surface area contributed by atoms with Crippen LogP contribution in [0.25, 0.3) is 11.1 Å². The number of benzene rings is 2. The Kier molecular flexibility index (Phi) is 2.55. The number of fused-ring (bicyclic) bond motifs is 1. The number of rotatable bonds is 1. The summed E-state index contributed by atoms with van der Waals surface area (Å²) in [7, 11) is 0. The van der Waals surface area contributed by atoms with Crippen molar-refractivity contribution in [3.05, 3.63) is 59.2 Å². The second-order valence-electron chi connectivity index (χ2n) is 5.17. The first kappa shape index (κ1) is 11.2. The lowest BCUT2D eigenvalue weighted by atomic mass is 9.94. The Hall–Kier alpha value is -1.89. The number of aryl methyl sites for hydroxylation is 1. The van der Waals surface area contributed by atoms with Crippen molar-refractivity contribution < 1.29 is 4.79 Å². The minimum absolute atomic E-state index is 0.129. The standard InChI is InChI=1S/C17H16O/c1-11-8-14(13-6-4-3-5-7-13)15-10-12(2)17(18)16(15)9-11/h3-9,12H,10H2,1-2H3. The van der Waals surface area contributed by atoms with E-state index < -0.39 is 0 Å². The normalized spacial score (nSPS) is 17.9. The third kappa shape index (κ3) is 1.67. The van der Waals surface area contributed by atoms with Crippen LogP contribution in [0.3, 0.4) is 0 Å². The van der Waals surface area contributed by atoms with Gasteiger partial charge in [0.05, 0.1) is 0 Å². The van der Waals surface area contributed by atoms with Gasteiger partial charge in [-0.1, -0.05) is 43.3 Å². The van der Waals surface area contributed by atoms with E-state index in [0.717, 1.165) is 17.5 Å². The van der Waals surface area contributed by atoms with E-state index in [1.54, 1.807) is 0 Å². The minimum atomic E-state index is 0.129. The summed E-state index contributed by atoms with van der Waals surface area (Å²) in [6.07, 6.45) is 0.874. The summed E-state index contributed by atoms with van der Waals surface area (Å²) in [5.41, 5.74) is 5.75. The van der Waals surface area contributed by atoms with Crippen molar-refractivity contribution in [3.63, 3.8) is 0 Å². The molecule has 0 saturated carbocycles. The van der Waals surface area contributed by atoms with Gasteiger partial charge in [-0.15, -0.1) is 0 Å². The summed E-state index contributed by atoms with van der Waals surface area (Å²) < 4.78 is 0. The van der Waals surface area contributed by atoms with E-state index in [0.29, 0.717) is 5.78 Å². The highest BCUT2D eigenvalue weighted by Crippen LogP contribution is 2.35. The lowest BCUT2D eigenvalue weighted by Gasteiger charge is -2.09. The Balaban J connectivity index is 2.24. The van der Waals surface area contributed by atoms with Crippen molar-refractivity contribution >= 4 is 5.78 Å². The van der Waals surface area contributed by atoms with Crippen molar-refractivity contribution in [2.75, 3.05) is 0 Å². The van der Waals surface area contributed by atoms with Gasteiger partial charge in [-0.2, -0.15) is 0 Å². The Labute approximate surface area is 107 Å². The van der Waals surface area contributed by atoms with Gasteiger partial charge < -0.3 is 0 Å². The molecule has 0 aromatic heterocycles. The Morgan fingerprint density at radius 1 is 1.06 bits per heavy atom. The first-order valence-corrected chi connectivity index (χ1v) is 6.40. The maximum atomic E-state index is 12.1. The van der Waals surface area contributed by atoms with Gasteiger partial charge in [0.2, 0.25) is 0 Å². The van der Waals surface area contributed by atoms with Crippen LogP contribution < -0.4 is 0 Å². The fourth-order valence-electron chi connectivity index (χ4n) is 2.80. The van der Waals surface area contributed by atoms with E-state index in [-0.39, 0.29) is 5.92 Å². The molecule has 1 atom stereocenters. The average molecular weight is 236 g/mol. The van der Waals surface area contributed by atoms with Crippen LogP contribution in [0.1, 0.15) is 28.4 Å². The molecule has 0 radical (unpaired) electrons. The minimum Gasteiger partial charge on any atom is -0.294 e. The first-order valence-electron chi connectivity index (χ1n) is 6.40. The van der Waals surface area contributed by atoms with Crippen LogP contribution in [0, 0.1) is 12.8 Å². The number of ketones is 1. The van der Waals surface area contributed by atoms with Crippen LogP contribution >= 0.6 is 0 Å². The maximum Gasteiger partial charge on any atom is 0.166 e. The monoisotopic (exact) mass is 236 g/mol. The Morgan fingerprint density at radius 3 is 2.44 bits per heavy atom. The molecule has 0 saturated heterocycles. The van der Waals surface area contributed by atoms with Crippen molar-refractivity contribution in [2.24, 2.45) is 5.92 Å². The van der Waals surface area contributed by atoms with Gasteiger partial charge >= 0.3 is 0 Å². The molecule has 18 heavy (non-hydrogen) atoms. The van der Waals surface area contributed by atoms with Gasteiger partial charge in [-0.3, -0.25) is 4.79 Å². The molecule has 1 heteroatoms. The number of hydrogen-bond donors (Lipinski definition) is 0. The SMILES string of the molecule is Cc1cc2c(c(-c3ccccc3)c1)CC(C)C2=O. The highest BCUT2D eigenvalue weighted by Gasteiger charge is 2.29. The van der Waals surface area contributed by atoms with Crippen molar-refractivity contribution in [1.29, 1.82) is 0 Å². The fraction of sp³-hybridized carbons (Fsp3) is 0.235. The van der Waals surface area contributed by atoms with E-state index in [1.807, 2.05) is 31.2 Å². The van der Waals surface area contributed by atoms with Gasteiger partial charge in [-0.05, 0) is 41.7 Å². The molecule has 1 aliphatic carbocycles. The first-order chi connectivity index (χ1) is 8.66. The quantitative estimate of drug-likeness (QED) is 0.730. The third-order valence-corrected chi connectivity index (χ3v) is 3.70. The van der Waals surface area contributed by atoms with E-state index >= 15 is 0 Å². The fourth-order valence-corrected chi connectivity index (χ4v) is 2.80. The summed E-state index contributed by atoms with van der Waals surface area (Å²) in [5.74, 6) is 0.426. The predicted molar refractivity (Wildman–Crippen MR) is 73.8 cm³/mol.